The van der Waals surface area contributed by atoms with Gasteiger partial charge in [-0.2, -0.15) is 4.98 Å². The van der Waals surface area contributed by atoms with Gasteiger partial charge >= 0.3 is 0 Å². The van der Waals surface area contributed by atoms with Crippen LogP contribution in [0.25, 0.3) is 20.8 Å². The third-order valence-corrected chi connectivity index (χ3v) is 6.86. The molecule has 1 fully saturated rings. The molecule has 4 unspecified atom stereocenters. The third-order valence-electron chi connectivity index (χ3n) is 5.79. The number of aliphatic hydroxyl groups is 3. The number of aromatic nitrogens is 3. The Morgan fingerprint density at radius 3 is 2.52 bits per heavy atom. The average Bonchev–Trinajstić information content (AvgIpc) is 3.37. The molecular formula is C23H23N5O4S. The molecule has 1 aliphatic rings. The summed E-state index contributed by atoms with van der Waals surface area (Å²) in [4.78, 5) is 13.8. The number of nitrogens with zero attached hydrogens (tertiary/aromatic N) is 3. The summed E-state index contributed by atoms with van der Waals surface area (Å²) in [6.45, 7) is -0.210. The Morgan fingerprint density at radius 2 is 1.79 bits per heavy atom. The number of phenols is 1. The largest absolute Gasteiger partial charge is 0.508 e. The van der Waals surface area contributed by atoms with Gasteiger partial charge < -0.3 is 31.1 Å². The van der Waals surface area contributed by atoms with Gasteiger partial charge in [0.05, 0.1) is 27.9 Å². The number of aromatic hydroxyl groups is 1. The highest BCUT2D eigenvalue weighted by molar-refractivity contribution is 7.21. The molecule has 33 heavy (non-hydrogen) atoms. The van der Waals surface area contributed by atoms with Gasteiger partial charge in [0.1, 0.15) is 22.7 Å². The predicted octanol–water partition coefficient (Wildman–Crippen LogP) is 2.72. The lowest BCUT2D eigenvalue weighted by atomic mass is 10.1. The van der Waals surface area contributed by atoms with Gasteiger partial charge in [-0.15, -0.1) is 11.3 Å². The zero-order valence-electron chi connectivity index (χ0n) is 17.5. The van der Waals surface area contributed by atoms with Crippen molar-refractivity contribution in [3.63, 3.8) is 0 Å². The number of phenolic OH excluding ortho intramolecular Hbond substituents is 1. The lowest BCUT2D eigenvalue weighted by Crippen LogP contribution is -2.35. The summed E-state index contributed by atoms with van der Waals surface area (Å²) in [6, 6.07) is 13.8. The Bertz CT molecular complexity index is 1230. The predicted molar refractivity (Wildman–Crippen MR) is 127 cm³/mol. The minimum absolute atomic E-state index is 0.155. The number of hydrogen-bond acceptors (Lipinski definition) is 10. The molecule has 4 atom stereocenters. The molecule has 0 spiro atoms. The number of thiazole rings is 1. The first kappa shape index (κ1) is 21.5. The first-order chi connectivity index (χ1) is 16.0. The van der Waals surface area contributed by atoms with E-state index >= 15 is 0 Å². The first-order valence-electron chi connectivity index (χ1n) is 10.5. The van der Waals surface area contributed by atoms with E-state index in [1.165, 1.54) is 11.3 Å². The molecule has 170 valence electrons. The van der Waals surface area contributed by atoms with Crippen LogP contribution in [0.2, 0.25) is 0 Å². The summed E-state index contributed by atoms with van der Waals surface area (Å²) in [5, 5.41) is 46.8. The molecule has 2 heterocycles. The Hall–Kier alpha value is -3.31. The number of hydrogen-bond donors (Lipinski definition) is 6. The molecular weight excluding hydrogens is 442 g/mol. The van der Waals surface area contributed by atoms with Crippen molar-refractivity contribution in [3.05, 3.63) is 54.7 Å². The van der Waals surface area contributed by atoms with Crippen molar-refractivity contribution >= 4 is 39.0 Å². The molecule has 10 heteroatoms. The number of nitrogens with one attached hydrogen (secondary N) is 2. The van der Waals surface area contributed by atoms with Crippen molar-refractivity contribution in [1.29, 1.82) is 0 Å². The van der Waals surface area contributed by atoms with Gasteiger partial charge in [-0.3, -0.25) is 0 Å². The molecule has 4 aromatic rings. The molecule has 2 aromatic heterocycles. The lowest BCUT2D eigenvalue weighted by molar-refractivity contribution is 0.00446. The van der Waals surface area contributed by atoms with Gasteiger partial charge in [-0.25, -0.2) is 9.97 Å². The fourth-order valence-electron chi connectivity index (χ4n) is 3.99. The van der Waals surface area contributed by atoms with E-state index in [-0.39, 0.29) is 12.4 Å². The van der Waals surface area contributed by atoms with Crippen molar-refractivity contribution < 1.29 is 20.4 Å². The van der Waals surface area contributed by atoms with Crippen LogP contribution in [0.1, 0.15) is 6.42 Å². The SMILES string of the molecule is OCC1CC(Nc2nc(Nc3ccc(O)cc3)ncc2-c2nc3ccccc3s2)C(O)C1O. The standard InChI is InChI=1S/C23H23N5O4S/c29-11-12-9-17(20(32)19(12)31)26-21-15(22-27-16-3-1-2-4-18(16)33-22)10-24-23(28-21)25-13-5-7-14(30)8-6-13/h1-8,10,12,17,19-20,29-32H,9,11H2,(H2,24,25,26,28). The summed E-state index contributed by atoms with van der Waals surface area (Å²) in [7, 11) is 0. The van der Waals surface area contributed by atoms with E-state index in [9.17, 15) is 20.4 Å². The number of fused-ring (bicyclic) bond motifs is 1. The van der Waals surface area contributed by atoms with Crippen LogP contribution in [-0.2, 0) is 0 Å². The Kier molecular flexibility index (Phi) is 5.81. The maximum Gasteiger partial charge on any atom is 0.229 e. The van der Waals surface area contributed by atoms with Crippen LogP contribution in [0.4, 0.5) is 17.5 Å². The molecule has 0 aliphatic heterocycles. The van der Waals surface area contributed by atoms with Crippen molar-refractivity contribution in [2.75, 3.05) is 17.2 Å². The summed E-state index contributed by atoms with van der Waals surface area (Å²) in [6.07, 6.45) is -0.0106. The molecule has 2 aromatic carbocycles. The first-order valence-corrected chi connectivity index (χ1v) is 11.4. The molecule has 9 nitrogen and oxygen atoms in total. The van der Waals surface area contributed by atoms with Crippen LogP contribution < -0.4 is 10.6 Å². The van der Waals surface area contributed by atoms with Gasteiger partial charge in [-0.1, -0.05) is 12.1 Å². The molecule has 1 saturated carbocycles. The van der Waals surface area contributed by atoms with Crippen molar-refractivity contribution in [1.82, 2.24) is 15.0 Å². The quantitative estimate of drug-likeness (QED) is 0.237. The Labute approximate surface area is 193 Å². The third kappa shape index (κ3) is 4.33. The maximum absolute atomic E-state index is 10.5. The van der Waals surface area contributed by atoms with Crippen LogP contribution in [0, 0.1) is 5.92 Å². The minimum atomic E-state index is -1.05. The smallest absolute Gasteiger partial charge is 0.229 e. The Balaban J connectivity index is 1.51. The molecule has 0 amide bonds. The summed E-state index contributed by atoms with van der Waals surface area (Å²) in [5.74, 6) is 0.516. The number of aliphatic hydroxyl groups excluding tert-OH is 3. The van der Waals surface area contributed by atoms with Gasteiger partial charge in [-0.05, 0) is 42.8 Å². The van der Waals surface area contributed by atoms with Crippen molar-refractivity contribution in [2.45, 2.75) is 24.7 Å². The van der Waals surface area contributed by atoms with Gasteiger partial charge in [0.2, 0.25) is 5.95 Å². The van der Waals surface area contributed by atoms with Crippen molar-refractivity contribution in [2.24, 2.45) is 5.92 Å². The van der Waals surface area contributed by atoms with Crippen LogP contribution in [-0.4, -0.2) is 60.2 Å². The van der Waals surface area contributed by atoms with E-state index in [2.05, 4.69) is 20.6 Å². The maximum atomic E-state index is 10.5. The van der Waals surface area contributed by atoms with Crippen LogP contribution in [0.3, 0.4) is 0 Å². The lowest BCUT2D eigenvalue weighted by Gasteiger charge is -2.20. The zero-order chi connectivity index (χ0) is 22.9. The fraction of sp³-hybridized carbons (Fsp3) is 0.261. The highest BCUT2D eigenvalue weighted by atomic mass is 32.1. The van der Waals surface area contributed by atoms with Crippen molar-refractivity contribution in [3.8, 4) is 16.3 Å². The van der Waals surface area contributed by atoms with E-state index in [0.29, 0.717) is 29.4 Å². The number of anilines is 3. The van der Waals surface area contributed by atoms with Crippen LogP contribution in [0.15, 0.2) is 54.7 Å². The number of para-hydroxylation sites is 1. The van der Waals surface area contributed by atoms with E-state index in [0.717, 1.165) is 15.2 Å². The second-order valence-electron chi connectivity index (χ2n) is 8.02. The minimum Gasteiger partial charge on any atom is -0.508 e. The van der Waals surface area contributed by atoms with Gasteiger partial charge in [0, 0.05) is 24.4 Å². The zero-order valence-corrected chi connectivity index (χ0v) is 18.3. The van der Waals surface area contributed by atoms with E-state index in [1.807, 2.05) is 24.3 Å². The van der Waals surface area contributed by atoms with Gasteiger partial charge in [0.25, 0.3) is 0 Å². The Morgan fingerprint density at radius 1 is 1.00 bits per heavy atom. The molecule has 6 N–H and O–H groups in total. The number of rotatable bonds is 6. The molecule has 0 radical (unpaired) electrons. The molecule has 0 saturated heterocycles. The second kappa shape index (κ2) is 8.91. The summed E-state index contributed by atoms with van der Waals surface area (Å²) in [5.41, 5.74) is 2.23. The van der Waals surface area contributed by atoms with Crippen LogP contribution in [0.5, 0.6) is 5.75 Å². The normalized spacial score (nSPS) is 22.5. The summed E-state index contributed by atoms with van der Waals surface area (Å²) >= 11 is 1.51. The highest BCUT2D eigenvalue weighted by Crippen LogP contribution is 2.36. The van der Waals surface area contributed by atoms with E-state index in [1.54, 1.807) is 30.5 Å². The topological polar surface area (TPSA) is 144 Å². The van der Waals surface area contributed by atoms with Crippen LogP contribution >= 0.6 is 11.3 Å². The monoisotopic (exact) mass is 465 g/mol. The molecule has 0 bridgehead atoms. The highest BCUT2D eigenvalue weighted by Gasteiger charge is 2.41. The summed E-state index contributed by atoms with van der Waals surface area (Å²) < 4.78 is 1.03. The van der Waals surface area contributed by atoms with Gasteiger partial charge in [0.15, 0.2) is 0 Å². The van der Waals surface area contributed by atoms with E-state index < -0.39 is 24.2 Å². The molecule has 1 aliphatic carbocycles. The number of benzene rings is 2. The average molecular weight is 466 g/mol. The fourth-order valence-corrected chi connectivity index (χ4v) is 4.97. The van der Waals surface area contributed by atoms with E-state index in [4.69, 9.17) is 4.98 Å². The molecule has 5 rings (SSSR count). The second-order valence-corrected chi connectivity index (χ2v) is 9.06.